The van der Waals surface area contributed by atoms with Gasteiger partial charge in [0.2, 0.25) is 5.91 Å². The van der Waals surface area contributed by atoms with Crippen LogP contribution in [0.3, 0.4) is 0 Å². The van der Waals surface area contributed by atoms with Crippen LogP contribution in [-0.2, 0) is 23.9 Å². The lowest BCUT2D eigenvalue weighted by Gasteiger charge is -2.63. The van der Waals surface area contributed by atoms with E-state index in [0.717, 1.165) is 19.5 Å². The second kappa shape index (κ2) is 10.3. The normalized spacial score (nSPS) is 46.5. The Bertz CT molecular complexity index is 1220. The number of amides is 1. The Hall–Kier alpha value is -2.01. The second-order valence-corrected chi connectivity index (χ2v) is 13.9. The topological polar surface area (TPSA) is 96.4 Å². The van der Waals surface area contributed by atoms with Crippen molar-refractivity contribution in [1.82, 2.24) is 9.80 Å². The lowest BCUT2D eigenvalue weighted by molar-refractivity contribution is -0.234. The van der Waals surface area contributed by atoms with Crippen molar-refractivity contribution in [3.05, 3.63) is 23.8 Å². The Balaban J connectivity index is 1.33. The number of halogens is 2. The molecule has 2 saturated heterocycles. The number of ether oxygens (including phenoxy) is 2. The molecule has 10 atom stereocenters. The van der Waals surface area contributed by atoms with Crippen molar-refractivity contribution in [3.8, 4) is 0 Å². The summed E-state index contributed by atoms with van der Waals surface area (Å²) in [5.41, 5.74) is -6.19. The van der Waals surface area contributed by atoms with Gasteiger partial charge >= 0.3 is 0 Å². The largest absolute Gasteiger partial charge is 0.390 e. The maximum Gasteiger partial charge on any atom is 0.223 e. The quantitative estimate of drug-likeness (QED) is 0.507. The highest BCUT2D eigenvalue weighted by molar-refractivity contribution is 6.01. The zero-order valence-corrected chi connectivity index (χ0v) is 25.1. The summed E-state index contributed by atoms with van der Waals surface area (Å²) in [5.74, 6) is -2.19. The first-order chi connectivity index (χ1) is 19.8. The lowest BCUT2D eigenvalue weighted by atomic mass is 9.44. The summed E-state index contributed by atoms with van der Waals surface area (Å²) in [6, 6.07) is 0. The van der Waals surface area contributed by atoms with Gasteiger partial charge < -0.3 is 24.4 Å². The molecule has 1 amide bonds. The van der Waals surface area contributed by atoms with Crippen molar-refractivity contribution < 1.29 is 37.7 Å². The number of hydrogen-bond donors (Lipinski definition) is 1. The molecule has 0 radical (unpaired) electrons. The number of alkyl halides is 2. The number of likely N-dealkylation sites (N-methyl/N-ethyl adjacent to an activating group) is 1. The van der Waals surface area contributed by atoms with E-state index in [1.807, 2.05) is 20.9 Å². The van der Waals surface area contributed by atoms with Crippen molar-refractivity contribution >= 4 is 17.5 Å². The maximum atomic E-state index is 17.6. The molecule has 6 aliphatic rings. The summed E-state index contributed by atoms with van der Waals surface area (Å²) in [4.78, 5) is 43.5. The SMILES string of the molecule is CCCC1O[C@@H]2C[C@H]3[C@@H]4C[C@H](F)C5=CC(=O)C=C[C@]5(C)[C@@]4(F)[C@@H](O)C[C@]3(C)[C@]2(C(=O)CCC(=O)N2CCN(C)CC2)O1. The van der Waals surface area contributed by atoms with Gasteiger partial charge in [0.1, 0.15) is 6.17 Å². The first-order valence-corrected chi connectivity index (χ1v) is 15.6. The molecule has 4 aliphatic carbocycles. The fraction of sp³-hybridized carbons (Fsp3) is 0.781. The highest BCUT2D eigenvalue weighted by Crippen LogP contribution is 2.72. The third kappa shape index (κ3) is 4.00. The highest BCUT2D eigenvalue weighted by Gasteiger charge is 2.79. The number of hydrogen-bond acceptors (Lipinski definition) is 7. The van der Waals surface area contributed by atoms with Crippen LogP contribution in [0.5, 0.6) is 0 Å². The van der Waals surface area contributed by atoms with Crippen LogP contribution in [0.25, 0.3) is 0 Å². The minimum atomic E-state index is -2.24. The van der Waals surface area contributed by atoms with E-state index >= 15 is 8.78 Å². The summed E-state index contributed by atoms with van der Waals surface area (Å²) in [6.45, 7) is 8.20. The predicted molar refractivity (Wildman–Crippen MR) is 150 cm³/mol. The fourth-order valence-corrected chi connectivity index (χ4v) is 9.51. The molecule has 3 saturated carbocycles. The van der Waals surface area contributed by atoms with Crippen LogP contribution in [0, 0.1) is 22.7 Å². The van der Waals surface area contributed by atoms with Crippen LogP contribution in [0.1, 0.15) is 65.7 Å². The van der Waals surface area contributed by atoms with Crippen LogP contribution in [0.15, 0.2) is 23.8 Å². The minimum Gasteiger partial charge on any atom is -0.390 e. The summed E-state index contributed by atoms with van der Waals surface area (Å²) < 4.78 is 46.3. The molecule has 232 valence electrons. The molecule has 2 heterocycles. The standard InChI is InChI=1S/C32H44F2N2O6/c1-5-6-28-41-26-17-20-21-16-23(33)22-15-19(37)9-10-29(22,2)31(21,34)25(39)18-30(20,3)32(26,42-28)24(38)7-8-27(40)36-13-11-35(4)12-14-36/h9-10,15,20-21,23,25-26,28,39H,5-8,11-14,16-18H2,1-4H3/t20-,21-,23-,25-,26+,28?,29-,30-,31-,32+/m0/s1. The van der Waals surface area contributed by atoms with E-state index in [-0.39, 0.29) is 42.9 Å². The molecule has 8 nitrogen and oxygen atoms in total. The molecular formula is C32H44F2N2O6. The number of Topliss-reactive ketones (excluding diaryl/α,β-unsaturated/α-hetero) is 1. The second-order valence-electron chi connectivity index (χ2n) is 13.9. The first kappa shape index (κ1) is 30.0. The Kier molecular flexibility index (Phi) is 7.35. The van der Waals surface area contributed by atoms with E-state index < -0.39 is 64.4 Å². The molecule has 0 aromatic heterocycles. The summed E-state index contributed by atoms with van der Waals surface area (Å²) >= 11 is 0. The molecule has 0 bridgehead atoms. The number of allylic oxidation sites excluding steroid dienone is 4. The van der Waals surface area contributed by atoms with Crippen LogP contribution in [-0.4, -0.2) is 102 Å². The number of piperazine rings is 1. The van der Waals surface area contributed by atoms with Crippen molar-refractivity contribution in [2.75, 3.05) is 33.2 Å². The van der Waals surface area contributed by atoms with Gasteiger partial charge in [-0.15, -0.1) is 0 Å². The number of nitrogens with zero attached hydrogens (tertiary/aromatic N) is 2. The number of ketones is 2. The van der Waals surface area contributed by atoms with Gasteiger partial charge in [0.05, 0.1) is 12.2 Å². The fourth-order valence-electron chi connectivity index (χ4n) is 9.51. The van der Waals surface area contributed by atoms with E-state index in [9.17, 15) is 19.5 Å². The van der Waals surface area contributed by atoms with Crippen molar-refractivity contribution in [2.45, 2.75) is 102 Å². The van der Waals surface area contributed by atoms with Crippen molar-refractivity contribution in [1.29, 1.82) is 0 Å². The number of rotatable bonds is 6. The number of aliphatic hydroxyl groups excluding tert-OH is 1. The molecule has 0 spiro atoms. The van der Waals surface area contributed by atoms with Crippen LogP contribution in [0.4, 0.5) is 8.78 Å². The summed E-state index contributed by atoms with van der Waals surface area (Å²) in [7, 11) is 2.01. The van der Waals surface area contributed by atoms with Gasteiger partial charge in [-0.25, -0.2) is 8.78 Å². The summed E-state index contributed by atoms with van der Waals surface area (Å²) in [6.07, 6.45) is 0.796. The molecule has 1 N–H and O–H groups in total. The first-order valence-electron chi connectivity index (χ1n) is 15.6. The van der Waals surface area contributed by atoms with Crippen molar-refractivity contribution in [2.24, 2.45) is 22.7 Å². The highest BCUT2D eigenvalue weighted by atomic mass is 19.1. The molecule has 42 heavy (non-hydrogen) atoms. The average molecular weight is 591 g/mol. The van der Waals surface area contributed by atoms with Crippen molar-refractivity contribution in [3.63, 3.8) is 0 Å². The van der Waals surface area contributed by atoms with Crippen LogP contribution < -0.4 is 0 Å². The molecule has 0 aromatic rings. The number of carbonyl (C=O) groups is 3. The number of aliphatic hydroxyl groups is 1. The van der Waals surface area contributed by atoms with Gasteiger partial charge in [0.25, 0.3) is 0 Å². The maximum absolute atomic E-state index is 17.6. The summed E-state index contributed by atoms with van der Waals surface area (Å²) in [5, 5.41) is 11.7. The van der Waals surface area contributed by atoms with Gasteiger partial charge in [0.15, 0.2) is 29.1 Å². The van der Waals surface area contributed by atoms with Gasteiger partial charge in [-0.05, 0) is 63.3 Å². The smallest absolute Gasteiger partial charge is 0.223 e. The van der Waals surface area contributed by atoms with Gasteiger partial charge in [-0.3, -0.25) is 14.4 Å². The monoisotopic (exact) mass is 590 g/mol. The molecule has 6 rings (SSSR count). The van der Waals surface area contributed by atoms with E-state index in [2.05, 4.69) is 4.90 Å². The third-order valence-corrected chi connectivity index (χ3v) is 11.8. The van der Waals surface area contributed by atoms with Gasteiger partial charge in [-0.1, -0.05) is 26.3 Å². The zero-order chi connectivity index (χ0) is 30.2. The van der Waals surface area contributed by atoms with Gasteiger partial charge in [-0.2, -0.15) is 0 Å². The Morgan fingerprint density at radius 2 is 1.83 bits per heavy atom. The minimum absolute atomic E-state index is 0.0379. The molecule has 1 unspecified atom stereocenters. The van der Waals surface area contributed by atoms with E-state index in [1.165, 1.54) is 18.2 Å². The van der Waals surface area contributed by atoms with Crippen LogP contribution in [0.2, 0.25) is 0 Å². The molecule has 2 aliphatic heterocycles. The molecular weight excluding hydrogens is 546 g/mol. The lowest BCUT2D eigenvalue weighted by Crippen LogP contribution is -2.70. The molecule has 0 aromatic carbocycles. The Morgan fingerprint density at radius 1 is 1.12 bits per heavy atom. The third-order valence-electron chi connectivity index (χ3n) is 11.8. The zero-order valence-electron chi connectivity index (χ0n) is 25.1. The van der Waals surface area contributed by atoms with Gasteiger partial charge in [0, 0.05) is 55.8 Å². The van der Waals surface area contributed by atoms with E-state index in [1.54, 1.807) is 11.8 Å². The molecule has 5 fully saturated rings. The Morgan fingerprint density at radius 3 is 2.52 bits per heavy atom. The van der Waals surface area contributed by atoms with E-state index in [0.29, 0.717) is 25.9 Å². The van der Waals surface area contributed by atoms with E-state index in [4.69, 9.17) is 9.47 Å². The predicted octanol–water partition coefficient (Wildman–Crippen LogP) is 3.32. The average Bonchev–Trinajstić information content (AvgIpc) is 3.43. The molecule has 10 heteroatoms. The number of fused-ring (bicyclic) bond motifs is 7. The van der Waals surface area contributed by atoms with Crippen LogP contribution >= 0.6 is 0 Å². The number of carbonyl (C=O) groups excluding carboxylic acids is 3. The Labute approximate surface area is 246 Å².